The quantitative estimate of drug-likeness (QED) is 0.747. The highest BCUT2D eigenvalue weighted by atomic mass is 19.1. The second-order valence-electron chi connectivity index (χ2n) is 4.96. The first-order chi connectivity index (χ1) is 10.2. The summed E-state index contributed by atoms with van der Waals surface area (Å²) in [7, 11) is 0. The molecule has 0 fully saturated rings. The van der Waals surface area contributed by atoms with Gasteiger partial charge in [-0.2, -0.15) is 4.98 Å². The van der Waals surface area contributed by atoms with Crippen molar-refractivity contribution in [1.29, 1.82) is 0 Å². The molecule has 2 aromatic rings. The van der Waals surface area contributed by atoms with Crippen LogP contribution in [0.15, 0.2) is 30.3 Å². The summed E-state index contributed by atoms with van der Waals surface area (Å²) in [5.41, 5.74) is 1.21. The molecule has 4 nitrogen and oxygen atoms in total. The van der Waals surface area contributed by atoms with Crippen LogP contribution in [0.2, 0.25) is 0 Å². The monoisotopic (exact) mass is 288 g/mol. The second kappa shape index (κ2) is 7.57. The average Bonchev–Trinajstić information content (AvgIpc) is 2.46. The Labute approximate surface area is 124 Å². The summed E-state index contributed by atoms with van der Waals surface area (Å²) in [6, 6.07) is 8.37. The smallest absolute Gasteiger partial charge is 0.229 e. The van der Waals surface area contributed by atoms with Gasteiger partial charge in [0.15, 0.2) is 0 Å². The fraction of sp³-hybridized carbons (Fsp3) is 0.375. The molecule has 0 aliphatic carbocycles. The predicted octanol–water partition coefficient (Wildman–Crippen LogP) is 4.27. The van der Waals surface area contributed by atoms with Gasteiger partial charge in [0.1, 0.15) is 11.6 Å². The third kappa shape index (κ3) is 4.70. The normalized spacial score (nSPS) is 10.4. The number of para-hydroxylation sites is 1. The topological polar surface area (TPSA) is 49.8 Å². The van der Waals surface area contributed by atoms with E-state index in [-0.39, 0.29) is 5.82 Å². The number of halogens is 1. The van der Waals surface area contributed by atoms with Crippen LogP contribution >= 0.6 is 0 Å². The van der Waals surface area contributed by atoms with E-state index in [0.29, 0.717) is 11.6 Å². The summed E-state index contributed by atoms with van der Waals surface area (Å²) >= 11 is 0. The van der Waals surface area contributed by atoms with Crippen LogP contribution in [0.25, 0.3) is 0 Å². The van der Waals surface area contributed by atoms with E-state index in [1.54, 1.807) is 18.2 Å². The summed E-state index contributed by atoms with van der Waals surface area (Å²) in [5, 5.41) is 6.19. The molecule has 0 radical (unpaired) electrons. The molecule has 21 heavy (non-hydrogen) atoms. The Kier molecular flexibility index (Phi) is 5.49. The maximum atomic E-state index is 13.6. The molecular weight excluding hydrogens is 267 g/mol. The Morgan fingerprint density at radius 1 is 1.14 bits per heavy atom. The van der Waals surface area contributed by atoms with E-state index in [9.17, 15) is 4.39 Å². The van der Waals surface area contributed by atoms with Gasteiger partial charge >= 0.3 is 0 Å². The first kappa shape index (κ1) is 15.2. The molecule has 112 valence electrons. The number of nitrogens with zero attached hydrogens (tertiary/aromatic N) is 2. The van der Waals surface area contributed by atoms with E-state index >= 15 is 0 Å². The lowest BCUT2D eigenvalue weighted by molar-refractivity contribution is 0.631. The van der Waals surface area contributed by atoms with Crippen molar-refractivity contribution in [2.75, 3.05) is 17.2 Å². The number of anilines is 3. The lowest BCUT2D eigenvalue weighted by atomic mass is 10.2. The molecule has 0 spiro atoms. The predicted molar refractivity (Wildman–Crippen MR) is 84.5 cm³/mol. The van der Waals surface area contributed by atoms with E-state index in [2.05, 4.69) is 27.5 Å². The zero-order chi connectivity index (χ0) is 15.1. The molecule has 0 saturated carbocycles. The third-order valence-electron chi connectivity index (χ3n) is 3.06. The molecule has 1 heterocycles. The molecule has 0 aliphatic rings. The number of benzene rings is 1. The molecule has 2 rings (SSSR count). The SMILES string of the molecule is CCCCCNc1cc(C)nc(Nc2ccccc2F)n1. The van der Waals surface area contributed by atoms with Crippen LogP contribution in [0.5, 0.6) is 0 Å². The van der Waals surface area contributed by atoms with Crippen molar-refractivity contribution in [3.63, 3.8) is 0 Å². The number of nitrogens with one attached hydrogen (secondary N) is 2. The lowest BCUT2D eigenvalue weighted by Crippen LogP contribution is -2.07. The van der Waals surface area contributed by atoms with Crippen LogP contribution in [-0.4, -0.2) is 16.5 Å². The summed E-state index contributed by atoms with van der Waals surface area (Å²) < 4.78 is 13.6. The zero-order valence-corrected chi connectivity index (χ0v) is 12.5. The number of hydrogen-bond acceptors (Lipinski definition) is 4. The highest BCUT2D eigenvalue weighted by Crippen LogP contribution is 2.18. The van der Waals surface area contributed by atoms with E-state index in [0.717, 1.165) is 24.5 Å². The first-order valence-electron chi connectivity index (χ1n) is 7.30. The maximum Gasteiger partial charge on any atom is 0.229 e. The van der Waals surface area contributed by atoms with Crippen LogP contribution < -0.4 is 10.6 Å². The molecule has 0 saturated heterocycles. The Balaban J connectivity index is 2.06. The first-order valence-corrected chi connectivity index (χ1v) is 7.30. The standard InChI is InChI=1S/C16H21FN4/c1-3-4-7-10-18-15-11-12(2)19-16(21-15)20-14-9-6-5-8-13(14)17/h5-6,8-9,11H,3-4,7,10H2,1-2H3,(H2,18,19,20,21). The third-order valence-corrected chi connectivity index (χ3v) is 3.06. The van der Waals surface area contributed by atoms with Gasteiger partial charge in [-0.05, 0) is 25.5 Å². The van der Waals surface area contributed by atoms with Gasteiger partial charge in [-0.25, -0.2) is 9.37 Å². The van der Waals surface area contributed by atoms with Gasteiger partial charge in [0.2, 0.25) is 5.95 Å². The van der Waals surface area contributed by atoms with Crippen molar-refractivity contribution in [3.05, 3.63) is 41.8 Å². The Bertz CT molecular complexity index is 586. The summed E-state index contributed by atoms with van der Waals surface area (Å²) in [6.07, 6.45) is 3.48. The molecule has 0 amide bonds. The van der Waals surface area contributed by atoms with Crippen LogP contribution in [0.3, 0.4) is 0 Å². The number of unbranched alkanes of at least 4 members (excludes halogenated alkanes) is 2. The minimum Gasteiger partial charge on any atom is -0.370 e. The molecule has 5 heteroatoms. The van der Waals surface area contributed by atoms with Crippen LogP contribution in [0.1, 0.15) is 31.9 Å². The fourth-order valence-corrected chi connectivity index (χ4v) is 1.99. The molecule has 0 atom stereocenters. The Morgan fingerprint density at radius 2 is 1.95 bits per heavy atom. The minimum absolute atomic E-state index is 0.319. The van der Waals surface area contributed by atoms with Crippen molar-refractivity contribution < 1.29 is 4.39 Å². The highest BCUT2D eigenvalue weighted by molar-refractivity contribution is 5.55. The number of rotatable bonds is 7. The van der Waals surface area contributed by atoms with Crippen molar-refractivity contribution >= 4 is 17.5 Å². The zero-order valence-electron chi connectivity index (χ0n) is 12.5. The minimum atomic E-state index is -0.319. The number of aryl methyl sites for hydroxylation is 1. The summed E-state index contributed by atoms with van der Waals surface area (Å²) in [4.78, 5) is 8.65. The largest absolute Gasteiger partial charge is 0.370 e. The molecule has 1 aromatic carbocycles. The Morgan fingerprint density at radius 3 is 2.71 bits per heavy atom. The lowest BCUT2D eigenvalue weighted by Gasteiger charge is -2.10. The van der Waals surface area contributed by atoms with Gasteiger partial charge in [0.25, 0.3) is 0 Å². The van der Waals surface area contributed by atoms with Gasteiger partial charge in [0.05, 0.1) is 5.69 Å². The van der Waals surface area contributed by atoms with Gasteiger partial charge in [-0.1, -0.05) is 31.9 Å². The van der Waals surface area contributed by atoms with Crippen LogP contribution in [0.4, 0.5) is 21.8 Å². The highest BCUT2D eigenvalue weighted by Gasteiger charge is 2.05. The van der Waals surface area contributed by atoms with E-state index in [4.69, 9.17) is 0 Å². The summed E-state index contributed by atoms with van der Waals surface area (Å²) in [5.74, 6) is 0.843. The molecule has 0 aliphatic heterocycles. The van der Waals surface area contributed by atoms with Gasteiger partial charge in [0, 0.05) is 18.3 Å². The van der Waals surface area contributed by atoms with Crippen molar-refractivity contribution in [2.45, 2.75) is 33.1 Å². The number of hydrogen-bond donors (Lipinski definition) is 2. The molecule has 0 bridgehead atoms. The van der Waals surface area contributed by atoms with Crippen molar-refractivity contribution in [3.8, 4) is 0 Å². The molecule has 1 aromatic heterocycles. The Hall–Kier alpha value is -2.17. The molecule has 0 unspecified atom stereocenters. The fourth-order valence-electron chi connectivity index (χ4n) is 1.99. The summed E-state index contributed by atoms with van der Waals surface area (Å²) in [6.45, 7) is 4.94. The second-order valence-corrected chi connectivity index (χ2v) is 4.96. The van der Waals surface area contributed by atoms with Crippen molar-refractivity contribution in [1.82, 2.24) is 9.97 Å². The van der Waals surface area contributed by atoms with Gasteiger partial charge in [-0.15, -0.1) is 0 Å². The van der Waals surface area contributed by atoms with E-state index in [1.165, 1.54) is 18.9 Å². The molecular formula is C16H21FN4. The van der Waals surface area contributed by atoms with E-state index < -0.39 is 0 Å². The maximum absolute atomic E-state index is 13.6. The van der Waals surface area contributed by atoms with E-state index in [1.807, 2.05) is 13.0 Å². The average molecular weight is 288 g/mol. The van der Waals surface area contributed by atoms with Crippen LogP contribution in [-0.2, 0) is 0 Å². The number of aromatic nitrogens is 2. The van der Waals surface area contributed by atoms with Crippen molar-refractivity contribution in [2.24, 2.45) is 0 Å². The van der Waals surface area contributed by atoms with Crippen LogP contribution in [0, 0.1) is 12.7 Å². The molecule has 2 N–H and O–H groups in total. The van der Waals surface area contributed by atoms with Gasteiger partial charge in [-0.3, -0.25) is 0 Å². The van der Waals surface area contributed by atoms with Gasteiger partial charge < -0.3 is 10.6 Å².